The maximum atomic E-state index is 12.7. The molecule has 0 spiro atoms. The SMILES string of the molecule is COc1ccc(-c2nc(C3CCN(C(=O)c4ccccn4)CC3)cc3c2ncn3C)cc1. The summed E-state index contributed by atoms with van der Waals surface area (Å²) in [5, 5.41) is 0. The number of imidazole rings is 1. The molecule has 0 N–H and O–H groups in total. The number of piperidine rings is 1. The van der Waals surface area contributed by atoms with Crippen LogP contribution < -0.4 is 4.74 Å². The maximum Gasteiger partial charge on any atom is 0.272 e. The fraction of sp³-hybridized carbons (Fsp3) is 0.280. The molecule has 1 saturated heterocycles. The minimum Gasteiger partial charge on any atom is -0.497 e. The molecular formula is C25H25N5O2. The van der Waals surface area contributed by atoms with Crippen molar-refractivity contribution >= 4 is 16.9 Å². The van der Waals surface area contributed by atoms with E-state index >= 15 is 0 Å². The van der Waals surface area contributed by atoms with E-state index < -0.39 is 0 Å². The largest absolute Gasteiger partial charge is 0.497 e. The molecule has 1 fully saturated rings. The molecule has 4 aromatic rings. The molecule has 0 bridgehead atoms. The van der Waals surface area contributed by atoms with Crippen LogP contribution >= 0.6 is 0 Å². The molecular weight excluding hydrogens is 402 g/mol. The lowest BCUT2D eigenvalue weighted by Crippen LogP contribution is -2.38. The highest BCUT2D eigenvalue weighted by Gasteiger charge is 2.27. The van der Waals surface area contributed by atoms with E-state index in [4.69, 9.17) is 9.72 Å². The van der Waals surface area contributed by atoms with Gasteiger partial charge in [0, 0.05) is 43.5 Å². The Kier molecular flexibility index (Phi) is 5.31. The van der Waals surface area contributed by atoms with Gasteiger partial charge in [-0.2, -0.15) is 0 Å². The van der Waals surface area contributed by atoms with E-state index in [0.717, 1.165) is 46.6 Å². The number of carbonyl (C=O) groups excluding carboxylic acids is 1. The summed E-state index contributed by atoms with van der Waals surface area (Å²) in [6, 6.07) is 15.5. The monoisotopic (exact) mass is 427 g/mol. The normalized spacial score (nSPS) is 14.6. The zero-order valence-electron chi connectivity index (χ0n) is 18.2. The summed E-state index contributed by atoms with van der Waals surface area (Å²) in [5.41, 5.74) is 5.41. The third kappa shape index (κ3) is 3.70. The Hall–Kier alpha value is -3.74. The zero-order valence-corrected chi connectivity index (χ0v) is 18.2. The molecule has 1 aliphatic heterocycles. The summed E-state index contributed by atoms with van der Waals surface area (Å²) >= 11 is 0. The lowest BCUT2D eigenvalue weighted by atomic mass is 9.92. The maximum absolute atomic E-state index is 12.7. The van der Waals surface area contributed by atoms with Gasteiger partial charge in [0.15, 0.2) is 0 Å². The summed E-state index contributed by atoms with van der Waals surface area (Å²) in [6.07, 6.45) is 5.24. The van der Waals surface area contributed by atoms with E-state index in [1.807, 2.05) is 59.2 Å². The Morgan fingerprint density at radius 2 is 1.84 bits per heavy atom. The number of pyridine rings is 2. The second kappa shape index (κ2) is 8.42. The number of likely N-dealkylation sites (tertiary alicyclic amines) is 1. The van der Waals surface area contributed by atoms with Crippen molar-refractivity contribution in [1.82, 2.24) is 24.4 Å². The molecule has 0 radical (unpaired) electrons. The second-order valence-corrected chi connectivity index (χ2v) is 8.13. The second-order valence-electron chi connectivity index (χ2n) is 8.13. The van der Waals surface area contributed by atoms with Crippen LogP contribution in [-0.4, -0.2) is 50.5 Å². The number of hydrogen-bond acceptors (Lipinski definition) is 5. The van der Waals surface area contributed by atoms with E-state index in [2.05, 4.69) is 16.0 Å². The lowest BCUT2D eigenvalue weighted by Gasteiger charge is -2.31. The van der Waals surface area contributed by atoms with Crippen LogP contribution in [0.25, 0.3) is 22.3 Å². The molecule has 1 aliphatic rings. The van der Waals surface area contributed by atoms with Crippen LogP contribution in [0.1, 0.15) is 34.9 Å². The van der Waals surface area contributed by atoms with Crippen molar-refractivity contribution in [1.29, 1.82) is 0 Å². The van der Waals surface area contributed by atoms with Crippen LogP contribution in [0.3, 0.4) is 0 Å². The zero-order chi connectivity index (χ0) is 22.1. The van der Waals surface area contributed by atoms with Crippen molar-refractivity contribution in [3.8, 4) is 17.0 Å². The summed E-state index contributed by atoms with van der Waals surface area (Å²) in [7, 11) is 3.67. The predicted molar refractivity (Wildman–Crippen MR) is 123 cm³/mol. The van der Waals surface area contributed by atoms with E-state index in [0.29, 0.717) is 24.7 Å². The molecule has 0 saturated carbocycles. The van der Waals surface area contributed by atoms with Crippen LogP contribution in [0, 0.1) is 0 Å². The summed E-state index contributed by atoms with van der Waals surface area (Å²) in [6.45, 7) is 1.39. The van der Waals surface area contributed by atoms with E-state index in [1.165, 1.54) is 0 Å². The molecule has 162 valence electrons. The molecule has 1 amide bonds. The van der Waals surface area contributed by atoms with Crippen LogP contribution in [0.15, 0.2) is 61.1 Å². The molecule has 7 nitrogen and oxygen atoms in total. The van der Waals surface area contributed by atoms with Crippen LogP contribution in [0.2, 0.25) is 0 Å². The van der Waals surface area contributed by atoms with Gasteiger partial charge in [-0.15, -0.1) is 0 Å². The van der Waals surface area contributed by atoms with Gasteiger partial charge in [-0.1, -0.05) is 6.07 Å². The number of amides is 1. The highest BCUT2D eigenvalue weighted by atomic mass is 16.5. The molecule has 32 heavy (non-hydrogen) atoms. The van der Waals surface area contributed by atoms with Gasteiger partial charge < -0.3 is 14.2 Å². The van der Waals surface area contributed by atoms with Gasteiger partial charge in [0.25, 0.3) is 5.91 Å². The first-order chi connectivity index (χ1) is 15.6. The summed E-state index contributed by atoms with van der Waals surface area (Å²) in [5.74, 6) is 1.10. The average Bonchev–Trinajstić information content (AvgIpc) is 3.24. The number of aromatic nitrogens is 4. The molecule has 0 atom stereocenters. The average molecular weight is 428 g/mol. The summed E-state index contributed by atoms with van der Waals surface area (Å²) in [4.78, 5) is 28.5. The first-order valence-corrected chi connectivity index (χ1v) is 10.8. The molecule has 5 rings (SSSR count). The van der Waals surface area contributed by atoms with Crippen molar-refractivity contribution in [2.24, 2.45) is 7.05 Å². The van der Waals surface area contributed by atoms with Crippen molar-refractivity contribution < 1.29 is 9.53 Å². The van der Waals surface area contributed by atoms with Crippen LogP contribution in [0.5, 0.6) is 5.75 Å². The quantitative estimate of drug-likeness (QED) is 0.491. The number of aryl methyl sites for hydroxylation is 1. The molecule has 3 aromatic heterocycles. The summed E-state index contributed by atoms with van der Waals surface area (Å²) < 4.78 is 7.34. The fourth-order valence-corrected chi connectivity index (χ4v) is 4.34. The number of carbonyl (C=O) groups is 1. The van der Waals surface area contributed by atoms with Crippen molar-refractivity contribution in [2.45, 2.75) is 18.8 Å². The van der Waals surface area contributed by atoms with Gasteiger partial charge in [-0.25, -0.2) is 4.98 Å². The Morgan fingerprint density at radius 3 is 2.53 bits per heavy atom. The number of methoxy groups -OCH3 is 1. The fourth-order valence-electron chi connectivity index (χ4n) is 4.34. The minimum absolute atomic E-state index is 0.00184. The Morgan fingerprint density at radius 1 is 1.06 bits per heavy atom. The molecule has 0 aliphatic carbocycles. The molecule has 0 unspecified atom stereocenters. The van der Waals surface area contributed by atoms with Crippen LogP contribution in [0.4, 0.5) is 0 Å². The third-order valence-corrected chi connectivity index (χ3v) is 6.18. The molecule has 4 heterocycles. The first-order valence-electron chi connectivity index (χ1n) is 10.8. The topological polar surface area (TPSA) is 73.1 Å². The van der Waals surface area contributed by atoms with E-state index in [9.17, 15) is 4.79 Å². The number of benzene rings is 1. The standard InChI is InChI=1S/C25H25N5O2/c1-29-16-27-24-22(29)15-21(28-23(24)18-6-8-19(32-2)9-7-18)17-10-13-30(14-11-17)25(31)20-5-3-4-12-26-20/h3-9,12,15-17H,10-11,13-14H2,1-2H3. The minimum atomic E-state index is -0.00184. The third-order valence-electron chi connectivity index (χ3n) is 6.18. The van der Waals surface area contributed by atoms with E-state index in [-0.39, 0.29) is 5.91 Å². The number of ether oxygens (including phenoxy) is 1. The van der Waals surface area contributed by atoms with Crippen molar-refractivity contribution in [2.75, 3.05) is 20.2 Å². The van der Waals surface area contributed by atoms with Gasteiger partial charge >= 0.3 is 0 Å². The number of nitrogens with zero attached hydrogens (tertiary/aromatic N) is 5. The Balaban J connectivity index is 1.42. The first kappa shape index (κ1) is 20.2. The molecule has 7 heteroatoms. The van der Waals surface area contributed by atoms with Gasteiger partial charge in [-0.05, 0) is 55.3 Å². The number of rotatable bonds is 4. The van der Waals surface area contributed by atoms with Crippen molar-refractivity contribution in [3.05, 3.63) is 72.4 Å². The highest BCUT2D eigenvalue weighted by Crippen LogP contribution is 2.33. The van der Waals surface area contributed by atoms with Gasteiger partial charge in [-0.3, -0.25) is 14.8 Å². The number of fused-ring (bicyclic) bond motifs is 1. The van der Waals surface area contributed by atoms with Gasteiger partial charge in [0.2, 0.25) is 0 Å². The lowest BCUT2D eigenvalue weighted by molar-refractivity contribution is 0.0706. The Bertz CT molecular complexity index is 1240. The van der Waals surface area contributed by atoms with E-state index in [1.54, 1.807) is 19.4 Å². The molecule has 1 aromatic carbocycles. The number of hydrogen-bond donors (Lipinski definition) is 0. The highest BCUT2D eigenvalue weighted by molar-refractivity contribution is 5.92. The predicted octanol–water partition coefficient (Wildman–Crippen LogP) is 4.06. The van der Waals surface area contributed by atoms with Gasteiger partial charge in [0.05, 0.1) is 24.6 Å². The van der Waals surface area contributed by atoms with Crippen LogP contribution in [-0.2, 0) is 7.05 Å². The smallest absolute Gasteiger partial charge is 0.272 e. The van der Waals surface area contributed by atoms with Crippen molar-refractivity contribution in [3.63, 3.8) is 0 Å². The Labute approximate surface area is 186 Å². The van der Waals surface area contributed by atoms with Gasteiger partial charge in [0.1, 0.15) is 17.0 Å².